The summed E-state index contributed by atoms with van der Waals surface area (Å²) >= 11 is 1.25. The van der Waals surface area contributed by atoms with E-state index in [1.54, 1.807) is 19.1 Å². The van der Waals surface area contributed by atoms with Gasteiger partial charge in [0.15, 0.2) is 0 Å². The quantitative estimate of drug-likeness (QED) is 0.318. The smallest absolute Gasteiger partial charge is 0.315 e. The van der Waals surface area contributed by atoms with Crippen LogP contribution in [0.4, 0.5) is 5.69 Å². The van der Waals surface area contributed by atoms with Crippen LogP contribution in [0, 0.1) is 10.1 Å². The molecule has 7 heteroatoms. The van der Waals surface area contributed by atoms with E-state index in [1.807, 2.05) is 6.92 Å². The van der Waals surface area contributed by atoms with Crippen LogP contribution in [-0.4, -0.2) is 29.9 Å². The van der Waals surface area contributed by atoms with Gasteiger partial charge in [0.1, 0.15) is 5.44 Å². The zero-order chi connectivity index (χ0) is 15.0. The molecule has 1 rings (SSSR count). The molecule has 0 N–H and O–H groups in total. The summed E-state index contributed by atoms with van der Waals surface area (Å²) in [6.07, 6.45) is 0. The molecule has 0 amide bonds. The Morgan fingerprint density at radius 3 is 2.75 bits per heavy atom. The van der Waals surface area contributed by atoms with Crippen LogP contribution in [0.5, 0.6) is 0 Å². The number of rotatable bonds is 8. The molecule has 0 radical (unpaired) electrons. The first kappa shape index (κ1) is 16.5. The Hall–Kier alpha value is -1.60. The number of carbonyl (C=O) groups is 1. The average Bonchev–Trinajstić information content (AvgIpc) is 2.44. The van der Waals surface area contributed by atoms with Gasteiger partial charge in [0.2, 0.25) is 0 Å². The fraction of sp³-hybridized carbons (Fsp3) is 0.462. The summed E-state index contributed by atoms with van der Waals surface area (Å²) in [7, 11) is 0. The second-order valence-corrected chi connectivity index (χ2v) is 4.81. The maximum absolute atomic E-state index is 11.4. The van der Waals surface area contributed by atoms with Crippen molar-refractivity contribution in [2.24, 2.45) is 0 Å². The largest absolute Gasteiger partial charge is 0.465 e. The number of hydrogen-bond donors (Lipinski definition) is 0. The Labute approximate surface area is 121 Å². The molecule has 6 nitrogen and oxygen atoms in total. The third-order valence-corrected chi connectivity index (χ3v) is 3.44. The lowest BCUT2D eigenvalue weighted by Crippen LogP contribution is -2.10. The van der Waals surface area contributed by atoms with Crippen molar-refractivity contribution in [2.45, 2.75) is 19.3 Å². The van der Waals surface area contributed by atoms with Crippen molar-refractivity contribution in [3.8, 4) is 0 Å². The zero-order valence-electron chi connectivity index (χ0n) is 11.4. The van der Waals surface area contributed by atoms with E-state index in [0.29, 0.717) is 18.8 Å². The number of thioether (sulfide) groups is 1. The number of nitrogens with zero attached hydrogens (tertiary/aromatic N) is 1. The number of benzene rings is 1. The van der Waals surface area contributed by atoms with Crippen LogP contribution in [0.1, 0.15) is 24.8 Å². The van der Waals surface area contributed by atoms with E-state index in [4.69, 9.17) is 9.47 Å². The van der Waals surface area contributed by atoms with Crippen molar-refractivity contribution in [1.29, 1.82) is 0 Å². The van der Waals surface area contributed by atoms with Gasteiger partial charge in [-0.05, 0) is 19.4 Å². The molecule has 0 aliphatic carbocycles. The average molecular weight is 299 g/mol. The van der Waals surface area contributed by atoms with Gasteiger partial charge in [-0.3, -0.25) is 14.9 Å². The van der Waals surface area contributed by atoms with E-state index >= 15 is 0 Å². The lowest BCUT2D eigenvalue weighted by Gasteiger charge is -2.16. The van der Waals surface area contributed by atoms with E-state index < -0.39 is 10.4 Å². The second-order valence-electron chi connectivity index (χ2n) is 3.76. The molecule has 1 unspecified atom stereocenters. The summed E-state index contributed by atoms with van der Waals surface area (Å²) in [6.45, 7) is 4.34. The van der Waals surface area contributed by atoms with E-state index in [0.717, 1.165) is 0 Å². The van der Waals surface area contributed by atoms with Gasteiger partial charge in [-0.15, -0.1) is 11.8 Å². The number of esters is 1. The zero-order valence-corrected chi connectivity index (χ0v) is 12.2. The summed E-state index contributed by atoms with van der Waals surface area (Å²) in [4.78, 5) is 21.7. The van der Waals surface area contributed by atoms with Crippen LogP contribution in [0.2, 0.25) is 0 Å². The highest BCUT2D eigenvalue weighted by Gasteiger charge is 2.17. The summed E-state index contributed by atoms with van der Waals surface area (Å²) in [5, 5.41) is 10.8. The lowest BCUT2D eigenvalue weighted by atomic mass is 10.2. The molecule has 1 aromatic rings. The molecule has 1 atom stereocenters. The minimum absolute atomic E-state index is 0.00365. The van der Waals surface area contributed by atoms with Crippen molar-refractivity contribution in [2.75, 3.05) is 19.0 Å². The van der Waals surface area contributed by atoms with Crippen LogP contribution in [0.25, 0.3) is 0 Å². The number of carbonyl (C=O) groups excluding carboxylic acids is 1. The number of non-ortho nitro benzene ring substituents is 1. The van der Waals surface area contributed by atoms with Gasteiger partial charge in [-0.1, -0.05) is 12.1 Å². The van der Waals surface area contributed by atoms with Crippen LogP contribution in [-0.2, 0) is 14.3 Å². The molecule has 20 heavy (non-hydrogen) atoms. The minimum atomic E-state index is -0.456. The minimum Gasteiger partial charge on any atom is -0.465 e. The molecule has 0 saturated heterocycles. The summed E-state index contributed by atoms with van der Waals surface area (Å²) in [5.41, 5.74) is 0.239. The van der Waals surface area contributed by atoms with Gasteiger partial charge in [0.25, 0.3) is 5.69 Å². The Kier molecular flexibility index (Phi) is 7.03. The number of nitro groups is 1. The molecule has 0 saturated carbocycles. The van der Waals surface area contributed by atoms with E-state index in [2.05, 4.69) is 0 Å². The van der Waals surface area contributed by atoms with E-state index in [1.165, 1.54) is 23.9 Å². The predicted octanol–water partition coefficient (Wildman–Crippen LogP) is 2.93. The molecular weight excluding hydrogens is 282 g/mol. The maximum atomic E-state index is 11.4. The van der Waals surface area contributed by atoms with Crippen molar-refractivity contribution in [1.82, 2.24) is 0 Å². The fourth-order valence-electron chi connectivity index (χ4n) is 1.52. The lowest BCUT2D eigenvalue weighted by molar-refractivity contribution is -0.385. The first-order chi connectivity index (χ1) is 9.58. The molecule has 0 fully saturated rings. The number of hydrogen-bond acceptors (Lipinski definition) is 6. The van der Waals surface area contributed by atoms with Gasteiger partial charge >= 0.3 is 5.97 Å². The normalized spacial score (nSPS) is 11.9. The molecule has 0 bridgehead atoms. The SMILES string of the molecule is CCOC(=O)CSC(OCC)c1cccc([N+](=O)[O-])c1. The summed E-state index contributed by atoms with van der Waals surface area (Å²) in [6, 6.07) is 6.22. The third kappa shape index (κ3) is 5.18. The highest BCUT2D eigenvalue weighted by atomic mass is 32.2. The Balaban J connectivity index is 2.76. The van der Waals surface area contributed by atoms with E-state index in [9.17, 15) is 14.9 Å². The highest BCUT2D eigenvalue weighted by molar-refractivity contribution is 8.00. The molecule has 0 spiro atoms. The van der Waals surface area contributed by atoms with Crippen LogP contribution in [0.15, 0.2) is 24.3 Å². The monoisotopic (exact) mass is 299 g/mol. The second kappa shape index (κ2) is 8.55. The molecule has 110 valence electrons. The van der Waals surface area contributed by atoms with E-state index in [-0.39, 0.29) is 17.4 Å². The molecule has 0 aliphatic heterocycles. The summed E-state index contributed by atoms with van der Waals surface area (Å²) in [5.74, 6) is -0.186. The van der Waals surface area contributed by atoms with Gasteiger partial charge in [0, 0.05) is 18.7 Å². The van der Waals surface area contributed by atoms with Crippen LogP contribution in [0.3, 0.4) is 0 Å². The topological polar surface area (TPSA) is 78.7 Å². The Morgan fingerprint density at radius 1 is 1.40 bits per heavy atom. The maximum Gasteiger partial charge on any atom is 0.315 e. The number of ether oxygens (including phenoxy) is 2. The van der Waals surface area contributed by atoms with Crippen molar-refractivity contribution >= 4 is 23.4 Å². The standard InChI is InChI=1S/C13H17NO5S/c1-3-18-12(15)9-20-13(19-4-2)10-6-5-7-11(8-10)14(16)17/h5-8,13H,3-4,9H2,1-2H3. The number of nitro benzene ring substituents is 1. The molecule has 0 aromatic heterocycles. The molecule has 1 aromatic carbocycles. The van der Waals surface area contributed by atoms with Gasteiger partial charge in [-0.25, -0.2) is 0 Å². The van der Waals surface area contributed by atoms with Crippen molar-refractivity contribution < 1.29 is 19.2 Å². The van der Waals surface area contributed by atoms with Gasteiger partial charge < -0.3 is 9.47 Å². The Morgan fingerprint density at radius 2 is 2.15 bits per heavy atom. The van der Waals surface area contributed by atoms with Gasteiger partial charge in [-0.2, -0.15) is 0 Å². The van der Waals surface area contributed by atoms with Gasteiger partial charge in [0.05, 0.1) is 17.3 Å². The molecule has 0 aliphatic rings. The Bertz CT molecular complexity index is 466. The molecular formula is C13H17NO5S. The van der Waals surface area contributed by atoms with Crippen LogP contribution < -0.4 is 0 Å². The fourth-order valence-corrected chi connectivity index (χ4v) is 2.47. The summed E-state index contributed by atoms with van der Waals surface area (Å²) < 4.78 is 10.4. The first-order valence-electron chi connectivity index (χ1n) is 6.21. The van der Waals surface area contributed by atoms with Crippen LogP contribution >= 0.6 is 11.8 Å². The highest BCUT2D eigenvalue weighted by Crippen LogP contribution is 2.31. The first-order valence-corrected chi connectivity index (χ1v) is 7.26. The molecule has 0 heterocycles. The van der Waals surface area contributed by atoms with Crippen molar-refractivity contribution in [3.05, 3.63) is 39.9 Å². The predicted molar refractivity (Wildman–Crippen MR) is 76.6 cm³/mol. The van der Waals surface area contributed by atoms with Crippen molar-refractivity contribution in [3.63, 3.8) is 0 Å². The third-order valence-electron chi connectivity index (χ3n) is 2.33.